The van der Waals surface area contributed by atoms with E-state index < -0.39 is 0 Å². The Bertz CT molecular complexity index is 421. The van der Waals surface area contributed by atoms with Crippen LogP contribution < -0.4 is 10.1 Å². The maximum absolute atomic E-state index is 5.22. The highest BCUT2D eigenvalue weighted by Crippen LogP contribution is 2.22. The molecule has 2 rings (SSSR count). The summed E-state index contributed by atoms with van der Waals surface area (Å²) in [5.41, 5.74) is 1.09. The number of aromatic nitrogens is 2. The molecule has 0 aliphatic carbocycles. The van der Waals surface area contributed by atoms with Crippen molar-refractivity contribution in [3.63, 3.8) is 0 Å². The van der Waals surface area contributed by atoms with Crippen LogP contribution in [0.5, 0.6) is 5.88 Å². The minimum absolute atomic E-state index is 0.720. The van der Waals surface area contributed by atoms with Gasteiger partial charge in [-0.2, -0.15) is 4.98 Å². The van der Waals surface area contributed by atoms with Gasteiger partial charge in [0.25, 0.3) is 0 Å². The van der Waals surface area contributed by atoms with Gasteiger partial charge >= 0.3 is 0 Å². The molecule has 0 radical (unpaired) electrons. The number of imidazole rings is 1. The van der Waals surface area contributed by atoms with Gasteiger partial charge in [0, 0.05) is 18.1 Å². The Morgan fingerprint density at radius 1 is 1.64 bits per heavy atom. The third-order valence-corrected chi connectivity index (χ3v) is 2.82. The summed E-state index contributed by atoms with van der Waals surface area (Å²) in [5.74, 6) is 0.720. The molecule has 4 nitrogen and oxygen atoms in total. The van der Waals surface area contributed by atoms with Gasteiger partial charge in [0.1, 0.15) is 5.69 Å². The van der Waals surface area contributed by atoms with Crippen molar-refractivity contribution in [3.8, 4) is 5.88 Å². The Hall–Kier alpha value is -1.07. The van der Waals surface area contributed by atoms with Crippen molar-refractivity contribution >= 4 is 16.3 Å². The molecule has 0 aliphatic rings. The third-order valence-electron chi connectivity index (χ3n) is 2.06. The van der Waals surface area contributed by atoms with Crippen molar-refractivity contribution in [1.29, 1.82) is 0 Å². The molecule has 0 saturated carbocycles. The van der Waals surface area contributed by atoms with Crippen molar-refractivity contribution in [3.05, 3.63) is 17.3 Å². The van der Waals surface area contributed by atoms with Crippen molar-refractivity contribution in [2.75, 3.05) is 13.7 Å². The lowest BCUT2D eigenvalue weighted by molar-refractivity contribution is 0.393. The van der Waals surface area contributed by atoms with Crippen LogP contribution in [0.15, 0.2) is 11.6 Å². The third kappa shape index (κ3) is 1.49. The lowest BCUT2D eigenvalue weighted by atomic mass is 10.4. The fraction of sp³-hybridized carbons (Fsp3) is 0.444. The lowest BCUT2D eigenvalue weighted by Crippen LogP contribution is -2.13. The smallest absolute Gasteiger partial charge is 0.237 e. The number of methoxy groups -OCH3 is 1. The van der Waals surface area contributed by atoms with Crippen LogP contribution in [0.2, 0.25) is 0 Å². The fourth-order valence-corrected chi connectivity index (χ4v) is 2.10. The highest BCUT2D eigenvalue weighted by Gasteiger charge is 2.12. The van der Waals surface area contributed by atoms with Gasteiger partial charge in [-0.1, -0.05) is 6.92 Å². The normalized spacial score (nSPS) is 11.0. The van der Waals surface area contributed by atoms with Gasteiger partial charge in [-0.3, -0.25) is 4.40 Å². The zero-order valence-corrected chi connectivity index (χ0v) is 9.10. The Morgan fingerprint density at radius 2 is 2.50 bits per heavy atom. The number of hydrogen-bond donors (Lipinski definition) is 1. The van der Waals surface area contributed by atoms with E-state index in [0.717, 1.165) is 29.6 Å². The monoisotopic (exact) mass is 211 g/mol. The number of thiazole rings is 1. The molecule has 5 heteroatoms. The van der Waals surface area contributed by atoms with E-state index in [1.54, 1.807) is 18.4 Å². The van der Waals surface area contributed by atoms with Crippen LogP contribution >= 0.6 is 11.3 Å². The zero-order valence-electron chi connectivity index (χ0n) is 8.28. The van der Waals surface area contributed by atoms with E-state index in [4.69, 9.17) is 4.74 Å². The van der Waals surface area contributed by atoms with Gasteiger partial charge in [0.2, 0.25) is 5.88 Å². The quantitative estimate of drug-likeness (QED) is 0.833. The summed E-state index contributed by atoms with van der Waals surface area (Å²) in [4.78, 5) is 5.34. The zero-order chi connectivity index (χ0) is 9.97. The molecule has 2 aromatic heterocycles. The van der Waals surface area contributed by atoms with Crippen LogP contribution in [-0.2, 0) is 6.54 Å². The number of fused-ring (bicyclic) bond motifs is 1. The van der Waals surface area contributed by atoms with Crippen LogP contribution in [0.1, 0.15) is 12.6 Å². The molecule has 0 unspecified atom stereocenters. The maximum Gasteiger partial charge on any atom is 0.237 e. The summed E-state index contributed by atoms with van der Waals surface area (Å²) in [7, 11) is 1.65. The Balaban J connectivity index is 2.40. The van der Waals surface area contributed by atoms with Gasteiger partial charge < -0.3 is 10.1 Å². The molecule has 0 aromatic carbocycles. The number of nitrogens with zero attached hydrogens (tertiary/aromatic N) is 2. The van der Waals surface area contributed by atoms with Crippen molar-refractivity contribution in [2.24, 2.45) is 0 Å². The molecular formula is C9H13N3OS. The van der Waals surface area contributed by atoms with Gasteiger partial charge in [-0.25, -0.2) is 0 Å². The standard InChI is InChI=1S/C9H13N3OS/c1-3-10-6-7-8(13-2)11-9-12(7)4-5-14-9/h4-5,10H,3,6H2,1-2H3. The predicted octanol–water partition coefficient (Wildman–Crippen LogP) is 1.51. The van der Waals surface area contributed by atoms with E-state index >= 15 is 0 Å². The maximum atomic E-state index is 5.22. The molecule has 0 fully saturated rings. The summed E-state index contributed by atoms with van der Waals surface area (Å²) < 4.78 is 7.28. The first kappa shape index (κ1) is 9.48. The minimum atomic E-state index is 0.720. The molecule has 1 N–H and O–H groups in total. The van der Waals surface area contributed by atoms with Crippen LogP contribution in [0.25, 0.3) is 4.96 Å². The first-order valence-corrected chi connectivity index (χ1v) is 5.44. The molecule has 14 heavy (non-hydrogen) atoms. The number of rotatable bonds is 4. The second-order valence-electron chi connectivity index (χ2n) is 2.90. The summed E-state index contributed by atoms with van der Waals surface area (Å²) >= 11 is 1.62. The van der Waals surface area contributed by atoms with Gasteiger partial charge in [-0.05, 0) is 6.54 Å². The van der Waals surface area contributed by atoms with Crippen molar-refractivity contribution in [1.82, 2.24) is 14.7 Å². The summed E-state index contributed by atoms with van der Waals surface area (Å²) in [6.45, 7) is 3.82. The summed E-state index contributed by atoms with van der Waals surface area (Å²) in [6, 6.07) is 0. The second kappa shape index (κ2) is 3.98. The van der Waals surface area contributed by atoms with E-state index in [9.17, 15) is 0 Å². The van der Waals surface area contributed by atoms with Gasteiger partial charge in [-0.15, -0.1) is 11.3 Å². The van der Waals surface area contributed by atoms with E-state index in [1.807, 2.05) is 11.6 Å². The minimum Gasteiger partial charge on any atom is -0.480 e. The van der Waals surface area contributed by atoms with Crippen LogP contribution in [0.3, 0.4) is 0 Å². The Kier molecular flexibility index (Phi) is 2.69. The topological polar surface area (TPSA) is 38.6 Å². The molecule has 76 valence electrons. The summed E-state index contributed by atoms with van der Waals surface area (Å²) in [5, 5.41) is 5.30. The molecule has 2 aromatic rings. The molecule has 0 saturated heterocycles. The van der Waals surface area contributed by atoms with Crippen LogP contribution in [0.4, 0.5) is 0 Å². The first-order valence-electron chi connectivity index (χ1n) is 4.56. The van der Waals surface area contributed by atoms with Gasteiger partial charge in [0.05, 0.1) is 7.11 Å². The van der Waals surface area contributed by atoms with Crippen molar-refractivity contribution < 1.29 is 4.74 Å². The molecule has 0 aliphatic heterocycles. The number of hydrogen-bond acceptors (Lipinski definition) is 4. The highest BCUT2D eigenvalue weighted by molar-refractivity contribution is 7.15. The summed E-state index contributed by atoms with van der Waals surface area (Å²) in [6.07, 6.45) is 2.02. The van der Waals surface area contributed by atoms with Crippen molar-refractivity contribution in [2.45, 2.75) is 13.5 Å². The van der Waals surface area contributed by atoms with E-state index in [1.165, 1.54) is 0 Å². The predicted molar refractivity (Wildman–Crippen MR) is 57.0 cm³/mol. The lowest BCUT2D eigenvalue weighted by Gasteiger charge is -2.02. The molecule has 0 spiro atoms. The number of ether oxygens (including phenoxy) is 1. The molecule has 0 atom stereocenters. The largest absolute Gasteiger partial charge is 0.480 e. The fourth-order valence-electron chi connectivity index (χ4n) is 1.38. The van der Waals surface area contributed by atoms with Crippen LogP contribution in [-0.4, -0.2) is 23.0 Å². The average Bonchev–Trinajstić information content (AvgIpc) is 2.74. The Morgan fingerprint density at radius 3 is 3.21 bits per heavy atom. The van der Waals surface area contributed by atoms with E-state index in [0.29, 0.717) is 0 Å². The first-order chi connectivity index (χ1) is 6.86. The molecule has 0 bridgehead atoms. The van der Waals surface area contributed by atoms with E-state index in [2.05, 4.69) is 21.6 Å². The number of nitrogens with one attached hydrogen (secondary N) is 1. The van der Waals surface area contributed by atoms with Gasteiger partial charge in [0.15, 0.2) is 4.96 Å². The second-order valence-corrected chi connectivity index (χ2v) is 3.78. The molecular weight excluding hydrogens is 198 g/mol. The SMILES string of the molecule is CCNCc1c(OC)nc2sccn12. The van der Waals surface area contributed by atoms with E-state index in [-0.39, 0.29) is 0 Å². The van der Waals surface area contributed by atoms with Crippen LogP contribution in [0, 0.1) is 0 Å². The molecule has 2 heterocycles. The highest BCUT2D eigenvalue weighted by atomic mass is 32.1. The molecule has 0 amide bonds. The average molecular weight is 211 g/mol. The Labute approximate surface area is 86.5 Å².